The first-order valence-electron chi connectivity index (χ1n) is 8.11. The minimum Gasteiger partial charge on any atom is -0.357 e. The van der Waals surface area contributed by atoms with Crippen molar-refractivity contribution in [3.05, 3.63) is 0 Å². The molecule has 0 aromatic carbocycles. The number of nitrogens with zero attached hydrogens (tertiary/aromatic N) is 3. The first-order valence-corrected chi connectivity index (χ1v) is 8.11. The molecular weight excluding hydrogens is 377 g/mol. The highest BCUT2D eigenvalue weighted by Crippen LogP contribution is 2.15. The van der Waals surface area contributed by atoms with Crippen molar-refractivity contribution in [3.63, 3.8) is 0 Å². The average Bonchev–Trinajstić information content (AvgIpc) is 2.46. The Morgan fingerprint density at radius 1 is 1.19 bits per heavy atom. The van der Waals surface area contributed by atoms with Gasteiger partial charge in [0.05, 0.1) is 6.54 Å². The predicted octanol–water partition coefficient (Wildman–Crippen LogP) is 1.20. The molecule has 6 heteroatoms. The molecule has 3 aliphatic rings. The van der Waals surface area contributed by atoms with Crippen molar-refractivity contribution in [2.75, 3.05) is 45.8 Å². The fourth-order valence-electron chi connectivity index (χ4n) is 2.80. The molecule has 3 saturated heterocycles. The van der Waals surface area contributed by atoms with E-state index in [1.54, 1.807) is 0 Å². The lowest BCUT2D eigenvalue weighted by atomic mass is 10.1. The van der Waals surface area contributed by atoms with Gasteiger partial charge in [0.2, 0.25) is 0 Å². The van der Waals surface area contributed by atoms with Crippen molar-refractivity contribution in [1.82, 2.24) is 20.4 Å². The molecule has 2 unspecified atom stereocenters. The molecule has 0 saturated carbocycles. The Kier molecular flexibility index (Phi) is 8.26. The number of guanidine groups is 1. The largest absolute Gasteiger partial charge is 0.357 e. The molecule has 2 N–H and O–H groups in total. The summed E-state index contributed by atoms with van der Waals surface area (Å²) in [4.78, 5) is 9.97. The number of rotatable bonds is 5. The van der Waals surface area contributed by atoms with Crippen LogP contribution >= 0.6 is 24.0 Å². The van der Waals surface area contributed by atoms with Gasteiger partial charge in [0.25, 0.3) is 0 Å². The van der Waals surface area contributed by atoms with Gasteiger partial charge < -0.3 is 10.6 Å². The Morgan fingerprint density at radius 2 is 1.86 bits per heavy atom. The van der Waals surface area contributed by atoms with Gasteiger partial charge in [-0.1, -0.05) is 13.8 Å². The average molecular weight is 409 g/mol. The summed E-state index contributed by atoms with van der Waals surface area (Å²) in [6, 6.07) is 1.04. The lowest BCUT2D eigenvalue weighted by Gasteiger charge is -2.47. The van der Waals surface area contributed by atoms with E-state index in [0.29, 0.717) is 18.0 Å². The third kappa shape index (κ3) is 5.56. The summed E-state index contributed by atoms with van der Waals surface area (Å²) >= 11 is 0. The van der Waals surface area contributed by atoms with Crippen molar-refractivity contribution in [1.29, 1.82) is 0 Å². The first-order chi connectivity index (χ1) is 9.60. The number of hydrogen-bond acceptors (Lipinski definition) is 3. The van der Waals surface area contributed by atoms with Gasteiger partial charge in [0.15, 0.2) is 5.96 Å². The van der Waals surface area contributed by atoms with E-state index in [4.69, 9.17) is 4.99 Å². The topological polar surface area (TPSA) is 42.9 Å². The van der Waals surface area contributed by atoms with Gasteiger partial charge >= 0.3 is 0 Å². The molecule has 0 aromatic heterocycles. The zero-order chi connectivity index (χ0) is 14.5. The summed E-state index contributed by atoms with van der Waals surface area (Å²) in [5.41, 5.74) is 0. The van der Waals surface area contributed by atoms with E-state index < -0.39 is 0 Å². The molecule has 3 heterocycles. The molecule has 0 aromatic rings. The SMILES string of the molecule is CCNC(=NCC1CN2CCN1CC2)NC(C)C(C)C.I. The summed E-state index contributed by atoms with van der Waals surface area (Å²) < 4.78 is 0. The van der Waals surface area contributed by atoms with Crippen LogP contribution in [0.5, 0.6) is 0 Å². The van der Waals surface area contributed by atoms with Crippen LogP contribution in [0.1, 0.15) is 27.7 Å². The van der Waals surface area contributed by atoms with Crippen LogP contribution in [-0.4, -0.2) is 73.7 Å². The normalized spacial score (nSPS) is 30.0. The molecule has 21 heavy (non-hydrogen) atoms. The standard InChI is InChI=1S/C15H31N5.HI/c1-5-16-15(18-13(4)12(2)3)17-10-14-11-19-6-8-20(14)9-7-19;/h12-14H,5-11H2,1-4H3,(H2,16,17,18);1H. The van der Waals surface area contributed by atoms with Gasteiger partial charge in [-0.15, -0.1) is 24.0 Å². The zero-order valence-corrected chi connectivity index (χ0v) is 16.3. The van der Waals surface area contributed by atoms with Crippen molar-refractivity contribution in [2.24, 2.45) is 10.9 Å². The van der Waals surface area contributed by atoms with Crippen molar-refractivity contribution >= 4 is 29.9 Å². The maximum atomic E-state index is 4.80. The zero-order valence-electron chi connectivity index (χ0n) is 13.9. The van der Waals surface area contributed by atoms with E-state index in [-0.39, 0.29) is 24.0 Å². The van der Waals surface area contributed by atoms with E-state index in [2.05, 4.69) is 48.1 Å². The lowest BCUT2D eigenvalue weighted by molar-refractivity contribution is 0.0174. The molecule has 3 aliphatic heterocycles. The molecule has 124 valence electrons. The van der Waals surface area contributed by atoms with Gasteiger partial charge in [0, 0.05) is 51.4 Å². The van der Waals surface area contributed by atoms with Crippen LogP contribution in [0, 0.1) is 5.92 Å². The summed E-state index contributed by atoms with van der Waals surface area (Å²) in [5.74, 6) is 1.57. The maximum absolute atomic E-state index is 4.80. The van der Waals surface area contributed by atoms with E-state index in [1.807, 2.05) is 0 Å². The van der Waals surface area contributed by atoms with E-state index in [9.17, 15) is 0 Å². The Morgan fingerprint density at radius 3 is 2.33 bits per heavy atom. The number of halogens is 1. The van der Waals surface area contributed by atoms with Gasteiger partial charge in [-0.2, -0.15) is 0 Å². The molecule has 0 spiro atoms. The first kappa shape index (κ1) is 19.0. The highest BCUT2D eigenvalue weighted by Gasteiger charge is 2.31. The second-order valence-electron chi connectivity index (χ2n) is 6.39. The third-order valence-corrected chi connectivity index (χ3v) is 4.56. The molecule has 3 rings (SSSR count). The Labute approximate surface area is 146 Å². The van der Waals surface area contributed by atoms with E-state index in [1.165, 1.54) is 32.7 Å². The van der Waals surface area contributed by atoms with Crippen LogP contribution in [0.3, 0.4) is 0 Å². The summed E-state index contributed by atoms with van der Waals surface area (Å²) in [6.07, 6.45) is 0. The van der Waals surface area contributed by atoms with E-state index >= 15 is 0 Å². The Hall–Kier alpha value is -0.0800. The molecule has 5 nitrogen and oxygen atoms in total. The number of fused-ring (bicyclic) bond motifs is 3. The number of nitrogens with one attached hydrogen (secondary N) is 2. The molecule has 0 radical (unpaired) electrons. The number of hydrogen-bond donors (Lipinski definition) is 2. The fourth-order valence-corrected chi connectivity index (χ4v) is 2.80. The van der Waals surface area contributed by atoms with Crippen LogP contribution < -0.4 is 10.6 Å². The second-order valence-corrected chi connectivity index (χ2v) is 6.39. The van der Waals surface area contributed by atoms with Crippen molar-refractivity contribution in [2.45, 2.75) is 39.8 Å². The fraction of sp³-hybridized carbons (Fsp3) is 0.933. The summed E-state index contributed by atoms with van der Waals surface area (Å²) in [7, 11) is 0. The van der Waals surface area contributed by atoms with Gasteiger partial charge in [0.1, 0.15) is 0 Å². The van der Waals surface area contributed by atoms with Crippen LogP contribution in [0.25, 0.3) is 0 Å². The van der Waals surface area contributed by atoms with Gasteiger partial charge in [-0.3, -0.25) is 14.8 Å². The summed E-state index contributed by atoms with van der Waals surface area (Å²) in [5, 5.41) is 6.87. The van der Waals surface area contributed by atoms with Crippen LogP contribution in [0.15, 0.2) is 4.99 Å². The molecule has 2 atom stereocenters. The highest BCUT2D eigenvalue weighted by atomic mass is 127. The van der Waals surface area contributed by atoms with E-state index in [0.717, 1.165) is 19.0 Å². The number of aliphatic imine (C=N–C) groups is 1. The predicted molar refractivity (Wildman–Crippen MR) is 101 cm³/mol. The number of piperazine rings is 3. The Bertz CT molecular complexity index is 326. The summed E-state index contributed by atoms with van der Waals surface area (Å²) in [6.45, 7) is 16.7. The van der Waals surface area contributed by atoms with Crippen molar-refractivity contribution < 1.29 is 0 Å². The Balaban J connectivity index is 0.00000220. The quantitative estimate of drug-likeness (QED) is 0.407. The molecule has 0 amide bonds. The molecular formula is C15H32IN5. The lowest BCUT2D eigenvalue weighted by Crippen LogP contribution is -2.62. The van der Waals surface area contributed by atoms with Crippen LogP contribution in [0.4, 0.5) is 0 Å². The monoisotopic (exact) mass is 409 g/mol. The minimum atomic E-state index is 0. The van der Waals surface area contributed by atoms with Gasteiger partial charge in [-0.25, -0.2) is 0 Å². The third-order valence-electron chi connectivity index (χ3n) is 4.56. The maximum Gasteiger partial charge on any atom is 0.191 e. The van der Waals surface area contributed by atoms with Gasteiger partial charge in [-0.05, 0) is 19.8 Å². The molecule has 2 bridgehead atoms. The van der Waals surface area contributed by atoms with Crippen LogP contribution in [-0.2, 0) is 0 Å². The van der Waals surface area contributed by atoms with Crippen molar-refractivity contribution in [3.8, 4) is 0 Å². The van der Waals surface area contributed by atoms with Crippen LogP contribution in [0.2, 0.25) is 0 Å². The highest BCUT2D eigenvalue weighted by molar-refractivity contribution is 14.0. The smallest absolute Gasteiger partial charge is 0.191 e. The minimum absolute atomic E-state index is 0. The molecule has 3 fully saturated rings. The second kappa shape index (κ2) is 9.15. The molecule has 0 aliphatic carbocycles.